The Morgan fingerprint density at radius 3 is 2.64 bits per heavy atom. The molecule has 2 aromatic carbocycles. The number of carbonyl (C=O) groups excluding carboxylic acids is 1. The second-order valence-electron chi connectivity index (χ2n) is 6.39. The zero-order valence-electron chi connectivity index (χ0n) is 15.5. The molecule has 1 atom stereocenters. The van der Waals surface area contributed by atoms with Crippen molar-refractivity contribution in [3.05, 3.63) is 77.6 Å². The maximum atomic E-state index is 13.0. The van der Waals surface area contributed by atoms with E-state index in [1.54, 1.807) is 53.9 Å². The molecule has 0 aliphatic carbocycles. The Morgan fingerprint density at radius 2 is 1.86 bits per heavy atom. The second-order valence-corrected chi connectivity index (χ2v) is 7.45. The molecular formula is C21H19N5OS. The molecule has 1 amide bonds. The van der Waals surface area contributed by atoms with Gasteiger partial charge in [0, 0.05) is 30.7 Å². The molecule has 28 heavy (non-hydrogen) atoms. The summed E-state index contributed by atoms with van der Waals surface area (Å²) in [6.07, 6.45) is 3.33. The first kappa shape index (κ1) is 18.1. The first-order valence-electron chi connectivity index (χ1n) is 8.88. The Kier molecular flexibility index (Phi) is 4.99. The maximum Gasteiger partial charge on any atom is 0.254 e. The minimum absolute atomic E-state index is 0.0654. The summed E-state index contributed by atoms with van der Waals surface area (Å²) in [5.41, 5.74) is 2.32. The molecule has 7 heteroatoms. The number of amides is 1. The number of fused-ring (bicyclic) bond motifs is 1. The SMILES string of the molecule is C[C@@H](c1nc2ccccc2s1)N(C)C(=O)c1cccc(Nc2ncccn2)c1. The third kappa shape index (κ3) is 3.70. The molecule has 0 unspecified atom stereocenters. The molecule has 0 fully saturated rings. The fourth-order valence-electron chi connectivity index (χ4n) is 2.84. The van der Waals surface area contributed by atoms with E-state index < -0.39 is 0 Å². The summed E-state index contributed by atoms with van der Waals surface area (Å²) in [6, 6.07) is 17.0. The summed E-state index contributed by atoms with van der Waals surface area (Å²) in [4.78, 5) is 27.7. The van der Waals surface area contributed by atoms with E-state index in [1.165, 1.54) is 0 Å². The van der Waals surface area contributed by atoms with Crippen molar-refractivity contribution in [2.24, 2.45) is 0 Å². The highest BCUT2D eigenvalue weighted by Gasteiger charge is 2.22. The lowest BCUT2D eigenvalue weighted by molar-refractivity contribution is 0.0742. The van der Waals surface area contributed by atoms with Gasteiger partial charge in [0.25, 0.3) is 5.91 Å². The van der Waals surface area contributed by atoms with Gasteiger partial charge in [-0.1, -0.05) is 18.2 Å². The average molecular weight is 389 g/mol. The Morgan fingerprint density at radius 1 is 1.07 bits per heavy atom. The van der Waals surface area contributed by atoms with Gasteiger partial charge in [0.05, 0.1) is 16.3 Å². The highest BCUT2D eigenvalue weighted by molar-refractivity contribution is 7.18. The first-order chi connectivity index (χ1) is 13.6. The van der Waals surface area contributed by atoms with Crippen molar-refractivity contribution < 1.29 is 4.79 Å². The van der Waals surface area contributed by atoms with Crippen LogP contribution in [0.1, 0.15) is 28.3 Å². The van der Waals surface area contributed by atoms with Gasteiger partial charge in [0.15, 0.2) is 0 Å². The van der Waals surface area contributed by atoms with E-state index in [0.717, 1.165) is 20.9 Å². The van der Waals surface area contributed by atoms with Gasteiger partial charge in [-0.25, -0.2) is 15.0 Å². The van der Waals surface area contributed by atoms with Crippen LogP contribution in [-0.4, -0.2) is 32.8 Å². The van der Waals surface area contributed by atoms with Crippen LogP contribution < -0.4 is 5.32 Å². The molecule has 0 bridgehead atoms. The standard InChI is InChI=1S/C21H19N5OS/c1-14(19-25-17-9-3-4-10-18(17)28-19)26(2)20(27)15-7-5-8-16(13-15)24-21-22-11-6-12-23-21/h3-14H,1-2H3,(H,22,23,24)/t14-/m0/s1. The molecule has 2 aromatic heterocycles. The fourth-order valence-corrected chi connectivity index (χ4v) is 3.90. The van der Waals surface area contributed by atoms with Crippen LogP contribution in [0.2, 0.25) is 0 Å². The molecule has 0 aliphatic rings. The van der Waals surface area contributed by atoms with Gasteiger partial charge in [-0.15, -0.1) is 11.3 Å². The maximum absolute atomic E-state index is 13.0. The number of rotatable bonds is 5. The van der Waals surface area contributed by atoms with Crippen LogP contribution in [0.5, 0.6) is 0 Å². The monoisotopic (exact) mass is 389 g/mol. The largest absolute Gasteiger partial charge is 0.333 e. The lowest BCUT2D eigenvalue weighted by atomic mass is 10.1. The Hall–Kier alpha value is -3.32. The van der Waals surface area contributed by atoms with E-state index in [1.807, 2.05) is 43.3 Å². The van der Waals surface area contributed by atoms with Gasteiger partial charge in [0.1, 0.15) is 5.01 Å². The summed E-state index contributed by atoms with van der Waals surface area (Å²) in [5.74, 6) is 0.424. The predicted molar refractivity (Wildman–Crippen MR) is 112 cm³/mol. The third-order valence-electron chi connectivity index (χ3n) is 4.50. The lowest BCUT2D eigenvalue weighted by Gasteiger charge is -2.23. The normalized spacial score (nSPS) is 11.9. The minimum atomic E-state index is -0.126. The molecule has 6 nitrogen and oxygen atoms in total. The van der Waals surface area contributed by atoms with Crippen LogP contribution >= 0.6 is 11.3 Å². The zero-order valence-corrected chi connectivity index (χ0v) is 16.4. The van der Waals surface area contributed by atoms with E-state index in [-0.39, 0.29) is 11.9 Å². The molecule has 4 rings (SSSR count). The number of anilines is 2. The van der Waals surface area contributed by atoms with E-state index in [4.69, 9.17) is 0 Å². The number of benzene rings is 2. The summed E-state index contributed by atoms with van der Waals surface area (Å²) in [6.45, 7) is 2.00. The van der Waals surface area contributed by atoms with Crippen LogP contribution in [-0.2, 0) is 0 Å². The molecule has 0 saturated heterocycles. The van der Waals surface area contributed by atoms with Gasteiger partial charge in [-0.2, -0.15) is 0 Å². The van der Waals surface area contributed by atoms with Crippen molar-refractivity contribution in [2.75, 3.05) is 12.4 Å². The van der Waals surface area contributed by atoms with Crippen molar-refractivity contribution in [3.8, 4) is 0 Å². The Bertz CT molecular complexity index is 1080. The quantitative estimate of drug-likeness (QED) is 0.537. The molecule has 4 aromatic rings. The number of nitrogens with zero attached hydrogens (tertiary/aromatic N) is 4. The molecule has 140 valence electrons. The topological polar surface area (TPSA) is 71.0 Å². The Balaban J connectivity index is 1.53. The summed E-state index contributed by atoms with van der Waals surface area (Å²) in [7, 11) is 1.81. The molecule has 0 spiro atoms. The van der Waals surface area contributed by atoms with Gasteiger partial charge >= 0.3 is 0 Å². The van der Waals surface area contributed by atoms with Gasteiger partial charge in [-0.3, -0.25) is 4.79 Å². The zero-order chi connectivity index (χ0) is 19.5. The highest BCUT2D eigenvalue weighted by atomic mass is 32.1. The summed E-state index contributed by atoms with van der Waals surface area (Å²) >= 11 is 1.62. The first-order valence-corrected chi connectivity index (χ1v) is 9.70. The van der Waals surface area contributed by atoms with Crippen LogP contribution in [0.3, 0.4) is 0 Å². The molecule has 1 N–H and O–H groups in total. The van der Waals surface area contributed by atoms with E-state index >= 15 is 0 Å². The van der Waals surface area contributed by atoms with Gasteiger partial charge in [-0.05, 0) is 43.3 Å². The highest BCUT2D eigenvalue weighted by Crippen LogP contribution is 2.29. The molecule has 2 heterocycles. The van der Waals surface area contributed by atoms with Crippen molar-refractivity contribution in [1.82, 2.24) is 19.9 Å². The number of hydrogen-bond donors (Lipinski definition) is 1. The number of para-hydroxylation sites is 1. The predicted octanol–water partition coefficient (Wildman–Crippen LogP) is 4.66. The molecular weight excluding hydrogens is 370 g/mol. The number of hydrogen-bond acceptors (Lipinski definition) is 6. The molecule has 0 saturated carbocycles. The van der Waals surface area contributed by atoms with Crippen LogP contribution in [0.15, 0.2) is 67.0 Å². The average Bonchev–Trinajstić information content (AvgIpc) is 3.17. The minimum Gasteiger partial charge on any atom is -0.333 e. The van der Waals surface area contributed by atoms with Crippen LogP contribution in [0, 0.1) is 0 Å². The van der Waals surface area contributed by atoms with Gasteiger partial charge < -0.3 is 10.2 Å². The molecule has 0 aliphatic heterocycles. The van der Waals surface area contributed by atoms with Crippen molar-refractivity contribution in [3.63, 3.8) is 0 Å². The smallest absolute Gasteiger partial charge is 0.254 e. The number of thiazole rings is 1. The second kappa shape index (κ2) is 7.74. The van der Waals surface area contributed by atoms with E-state index in [2.05, 4.69) is 20.3 Å². The van der Waals surface area contributed by atoms with E-state index in [9.17, 15) is 4.79 Å². The van der Waals surface area contributed by atoms with E-state index in [0.29, 0.717) is 11.5 Å². The number of aromatic nitrogens is 3. The van der Waals surface area contributed by atoms with Crippen molar-refractivity contribution in [1.29, 1.82) is 0 Å². The number of carbonyl (C=O) groups is 1. The van der Waals surface area contributed by atoms with Crippen molar-refractivity contribution in [2.45, 2.75) is 13.0 Å². The molecule has 0 radical (unpaired) electrons. The Labute approximate surface area is 166 Å². The lowest BCUT2D eigenvalue weighted by Crippen LogP contribution is -2.29. The third-order valence-corrected chi connectivity index (χ3v) is 5.71. The number of nitrogens with one attached hydrogen (secondary N) is 1. The van der Waals surface area contributed by atoms with Crippen molar-refractivity contribution >= 4 is 39.1 Å². The fraction of sp³-hybridized carbons (Fsp3) is 0.143. The van der Waals surface area contributed by atoms with Gasteiger partial charge in [0.2, 0.25) is 5.95 Å². The van der Waals surface area contributed by atoms with Crippen LogP contribution in [0.25, 0.3) is 10.2 Å². The summed E-state index contributed by atoms with van der Waals surface area (Å²) < 4.78 is 1.12. The summed E-state index contributed by atoms with van der Waals surface area (Å²) in [5, 5.41) is 4.03. The van der Waals surface area contributed by atoms with Crippen LogP contribution in [0.4, 0.5) is 11.6 Å².